The monoisotopic (exact) mass is 236 g/mol. The Labute approximate surface area is 99.3 Å². The van der Waals surface area contributed by atoms with Crippen molar-refractivity contribution in [1.82, 2.24) is 20.1 Å². The lowest BCUT2D eigenvalue weighted by atomic mass is 10.2. The van der Waals surface area contributed by atoms with Crippen molar-refractivity contribution in [2.45, 2.75) is 13.5 Å². The van der Waals surface area contributed by atoms with Crippen LogP contribution in [-0.2, 0) is 6.54 Å². The van der Waals surface area contributed by atoms with Crippen LogP contribution >= 0.6 is 11.6 Å². The van der Waals surface area contributed by atoms with Crippen molar-refractivity contribution in [3.05, 3.63) is 40.8 Å². The van der Waals surface area contributed by atoms with E-state index in [4.69, 9.17) is 11.6 Å². The average molecular weight is 237 g/mol. The summed E-state index contributed by atoms with van der Waals surface area (Å²) in [5.74, 6) is 0.789. The highest BCUT2D eigenvalue weighted by Crippen LogP contribution is 2.12. The van der Waals surface area contributed by atoms with Gasteiger partial charge in [-0.3, -0.25) is 0 Å². The van der Waals surface area contributed by atoms with Crippen LogP contribution < -0.4 is 5.32 Å². The van der Waals surface area contributed by atoms with Gasteiger partial charge in [-0.05, 0) is 31.7 Å². The Morgan fingerprint density at radius 2 is 2.25 bits per heavy atom. The maximum absolute atomic E-state index is 5.83. The minimum atomic E-state index is 0.610. The van der Waals surface area contributed by atoms with Crippen LogP contribution in [0.3, 0.4) is 0 Å². The van der Waals surface area contributed by atoms with Crippen LogP contribution in [0, 0.1) is 6.92 Å². The molecule has 0 radical (unpaired) electrons. The van der Waals surface area contributed by atoms with Crippen LogP contribution in [-0.4, -0.2) is 21.8 Å². The molecule has 1 N–H and O–H groups in total. The van der Waals surface area contributed by atoms with E-state index in [1.54, 1.807) is 17.1 Å². The molecule has 0 saturated heterocycles. The Hall–Kier alpha value is -1.39. The Balaban J connectivity index is 2.40. The summed E-state index contributed by atoms with van der Waals surface area (Å²) in [6.07, 6.45) is 3.34. The van der Waals surface area contributed by atoms with E-state index in [1.807, 2.05) is 26.1 Å². The molecular weight excluding hydrogens is 224 g/mol. The molecule has 0 aromatic carbocycles. The van der Waals surface area contributed by atoms with Crippen molar-refractivity contribution < 1.29 is 0 Å². The van der Waals surface area contributed by atoms with E-state index in [9.17, 15) is 0 Å². The highest BCUT2D eigenvalue weighted by Gasteiger charge is 2.03. The molecule has 0 aliphatic carbocycles. The summed E-state index contributed by atoms with van der Waals surface area (Å²) >= 11 is 5.83. The molecule has 0 saturated carbocycles. The van der Waals surface area contributed by atoms with E-state index in [-0.39, 0.29) is 0 Å². The van der Waals surface area contributed by atoms with Gasteiger partial charge in [0.1, 0.15) is 0 Å². The summed E-state index contributed by atoms with van der Waals surface area (Å²) in [5, 5.41) is 7.85. The van der Waals surface area contributed by atoms with Crippen LogP contribution in [0.4, 0.5) is 0 Å². The van der Waals surface area contributed by atoms with Crippen molar-refractivity contribution in [2.75, 3.05) is 7.05 Å². The number of nitrogens with one attached hydrogen (secondary N) is 1. The summed E-state index contributed by atoms with van der Waals surface area (Å²) < 4.78 is 1.68. The molecule has 0 amide bonds. The Morgan fingerprint density at radius 3 is 2.88 bits per heavy atom. The quantitative estimate of drug-likeness (QED) is 0.886. The predicted octanol–water partition coefficient (Wildman–Crippen LogP) is 1.95. The molecule has 2 heterocycles. The number of nitrogens with zero attached hydrogens (tertiary/aromatic N) is 3. The highest BCUT2D eigenvalue weighted by atomic mass is 35.5. The van der Waals surface area contributed by atoms with Gasteiger partial charge in [0.2, 0.25) is 0 Å². The second-order valence-electron chi connectivity index (χ2n) is 3.61. The van der Waals surface area contributed by atoms with Gasteiger partial charge in [0.25, 0.3) is 0 Å². The molecule has 0 fully saturated rings. The van der Waals surface area contributed by atoms with E-state index < -0.39 is 0 Å². The second kappa shape index (κ2) is 4.63. The number of rotatable bonds is 3. The van der Waals surface area contributed by atoms with E-state index in [0.717, 1.165) is 18.1 Å². The van der Waals surface area contributed by atoms with Gasteiger partial charge in [0.05, 0.1) is 17.4 Å². The minimum Gasteiger partial charge on any atom is -0.316 e. The number of hydrogen-bond donors (Lipinski definition) is 1. The van der Waals surface area contributed by atoms with Gasteiger partial charge in [-0.2, -0.15) is 5.10 Å². The van der Waals surface area contributed by atoms with E-state index in [2.05, 4.69) is 15.4 Å². The van der Waals surface area contributed by atoms with Crippen molar-refractivity contribution >= 4 is 11.6 Å². The molecule has 16 heavy (non-hydrogen) atoms. The Bertz CT molecular complexity index is 492. The number of pyridine rings is 1. The maximum Gasteiger partial charge on any atom is 0.153 e. The molecule has 0 atom stereocenters. The number of aromatic nitrogens is 3. The van der Waals surface area contributed by atoms with Crippen LogP contribution in [0.1, 0.15) is 11.3 Å². The summed E-state index contributed by atoms with van der Waals surface area (Å²) in [6.45, 7) is 2.78. The SMILES string of the molecule is CNCc1cc(C)nc(-n2cc(Cl)cn2)c1. The summed E-state index contributed by atoms with van der Waals surface area (Å²) in [5.41, 5.74) is 2.14. The molecule has 5 heteroatoms. The molecule has 2 rings (SSSR count). The molecule has 0 spiro atoms. The number of hydrogen-bond acceptors (Lipinski definition) is 3. The molecule has 2 aromatic rings. The topological polar surface area (TPSA) is 42.7 Å². The van der Waals surface area contributed by atoms with Gasteiger partial charge >= 0.3 is 0 Å². The van der Waals surface area contributed by atoms with E-state index in [1.165, 1.54) is 5.56 Å². The fraction of sp³-hybridized carbons (Fsp3) is 0.273. The first-order chi connectivity index (χ1) is 7.69. The fourth-order valence-corrected chi connectivity index (χ4v) is 1.71. The van der Waals surface area contributed by atoms with Crippen molar-refractivity contribution in [2.24, 2.45) is 0 Å². The van der Waals surface area contributed by atoms with Crippen molar-refractivity contribution in [1.29, 1.82) is 0 Å². The largest absolute Gasteiger partial charge is 0.316 e. The third-order valence-corrected chi connectivity index (χ3v) is 2.36. The van der Waals surface area contributed by atoms with Crippen LogP contribution in [0.25, 0.3) is 5.82 Å². The zero-order valence-electron chi connectivity index (χ0n) is 9.24. The fourth-order valence-electron chi connectivity index (χ4n) is 1.57. The predicted molar refractivity (Wildman–Crippen MR) is 63.9 cm³/mol. The minimum absolute atomic E-state index is 0.610. The highest BCUT2D eigenvalue weighted by molar-refractivity contribution is 6.30. The molecule has 4 nitrogen and oxygen atoms in total. The van der Waals surface area contributed by atoms with Gasteiger partial charge in [-0.1, -0.05) is 11.6 Å². The third kappa shape index (κ3) is 2.40. The molecule has 0 aliphatic rings. The average Bonchev–Trinajstić information content (AvgIpc) is 2.64. The molecule has 0 aliphatic heterocycles. The zero-order chi connectivity index (χ0) is 11.5. The molecule has 0 unspecified atom stereocenters. The van der Waals surface area contributed by atoms with Gasteiger partial charge in [0.15, 0.2) is 5.82 Å². The summed E-state index contributed by atoms with van der Waals surface area (Å²) in [4.78, 5) is 4.41. The second-order valence-corrected chi connectivity index (χ2v) is 4.04. The normalized spacial score (nSPS) is 10.7. The maximum atomic E-state index is 5.83. The summed E-state index contributed by atoms with van der Waals surface area (Å²) in [7, 11) is 1.92. The lowest BCUT2D eigenvalue weighted by Gasteiger charge is -2.06. The van der Waals surface area contributed by atoms with Gasteiger partial charge in [-0.15, -0.1) is 0 Å². The van der Waals surface area contributed by atoms with Crippen molar-refractivity contribution in [3.8, 4) is 5.82 Å². The van der Waals surface area contributed by atoms with Gasteiger partial charge < -0.3 is 5.32 Å². The zero-order valence-corrected chi connectivity index (χ0v) is 9.99. The molecule has 0 bridgehead atoms. The lowest BCUT2D eigenvalue weighted by Crippen LogP contribution is -2.08. The lowest BCUT2D eigenvalue weighted by molar-refractivity contribution is 0.796. The smallest absolute Gasteiger partial charge is 0.153 e. The number of aryl methyl sites for hydroxylation is 1. The van der Waals surface area contributed by atoms with E-state index in [0.29, 0.717) is 5.02 Å². The molecular formula is C11H13ClN4. The first kappa shape index (κ1) is 11.1. The standard InChI is InChI=1S/C11H13ClN4/c1-8-3-9(5-13-2)4-11(15-8)16-7-10(12)6-14-16/h3-4,6-7,13H,5H2,1-2H3. The molecule has 84 valence electrons. The van der Waals surface area contributed by atoms with Gasteiger partial charge in [0, 0.05) is 12.2 Å². The third-order valence-electron chi connectivity index (χ3n) is 2.17. The number of halogens is 1. The van der Waals surface area contributed by atoms with Crippen LogP contribution in [0.5, 0.6) is 0 Å². The van der Waals surface area contributed by atoms with Crippen LogP contribution in [0.2, 0.25) is 5.02 Å². The van der Waals surface area contributed by atoms with Crippen molar-refractivity contribution in [3.63, 3.8) is 0 Å². The van der Waals surface area contributed by atoms with E-state index >= 15 is 0 Å². The summed E-state index contributed by atoms with van der Waals surface area (Å²) in [6, 6.07) is 4.04. The first-order valence-electron chi connectivity index (χ1n) is 5.02. The first-order valence-corrected chi connectivity index (χ1v) is 5.39. The molecule has 2 aromatic heterocycles. The Morgan fingerprint density at radius 1 is 1.44 bits per heavy atom. The Kier molecular flexibility index (Phi) is 3.22. The van der Waals surface area contributed by atoms with Gasteiger partial charge in [-0.25, -0.2) is 9.67 Å². The van der Waals surface area contributed by atoms with Crippen LogP contribution in [0.15, 0.2) is 24.5 Å².